The number of carbonyl (C=O) groups is 1. The van der Waals surface area contributed by atoms with Crippen molar-refractivity contribution in [3.63, 3.8) is 0 Å². The Hall–Kier alpha value is -2.20. The highest BCUT2D eigenvalue weighted by molar-refractivity contribution is 6.32. The molecule has 0 heterocycles. The average molecular weight is 334 g/mol. The predicted molar refractivity (Wildman–Crippen MR) is 91.4 cm³/mol. The largest absolute Gasteiger partial charge is 0.492 e. The monoisotopic (exact) mass is 333 g/mol. The lowest BCUT2D eigenvalue weighted by molar-refractivity contribution is -0.123. The van der Waals surface area contributed by atoms with Gasteiger partial charge in [-0.05, 0) is 43.7 Å². The van der Waals surface area contributed by atoms with Crippen LogP contribution in [0.15, 0.2) is 42.5 Å². The molecular formula is C18H20ClNO3. The quantitative estimate of drug-likeness (QED) is 0.788. The van der Waals surface area contributed by atoms with Gasteiger partial charge in [0.1, 0.15) is 18.1 Å². The number of hydrogen-bond acceptors (Lipinski definition) is 3. The Morgan fingerprint density at radius 3 is 2.48 bits per heavy atom. The Balaban J connectivity index is 1.67. The zero-order valence-electron chi connectivity index (χ0n) is 13.3. The van der Waals surface area contributed by atoms with Crippen LogP contribution in [0.4, 0.5) is 0 Å². The molecule has 0 aliphatic heterocycles. The van der Waals surface area contributed by atoms with Gasteiger partial charge < -0.3 is 14.8 Å². The molecule has 2 rings (SSSR count). The van der Waals surface area contributed by atoms with E-state index in [0.29, 0.717) is 23.9 Å². The van der Waals surface area contributed by atoms with E-state index >= 15 is 0 Å². The molecule has 2 aromatic carbocycles. The van der Waals surface area contributed by atoms with E-state index in [-0.39, 0.29) is 12.5 Å². The average Bonchev–Trinajstić information content (AvgIpc) is 2.54. The molecule has 1 N–H and O–H groups in total. The fourth-order valence-electron chi connectivity index (χ4n) is 1.91. The summed E-state index contributed by atoms with van der Waals surface area (Å²) in [6.07, 6.45) is 0. The Morgan fingerprint density at radius 2 is 1.74 bits per heavy atom. The summed E-state index contributed by atoms with van der Waals surface area (Å²) >= 11 is 6.01. The predicted octanol–water partition coefficient (Wildman–Crippen LogP) is 3.53. The first-order valence-electron chi connectivity index (χ1n) is 7.40. The van der Waals surface area contributed by atoms with E-state index in [1.54, 1.807) is 12.1 Å². The van der Waals surface area contributed by atoms with Crippen molar-refractivity contribution in [2.45, 2.75) is 13.8 Å². The topological polar surface area (TPSA) is 47.6 Å². The minimum atomic E-state index is -0.213. The molecule has 0 aliphatic rings. The number of benzene rings is 2. The summed E-state index contributed by atoms with van der Waals surface area (Å²) in [6, 6.07) is 13.2. The van der Waals surface area contributed by atoms with Crippen molar-refractivity contribution in [2.75, 3.05) is 19.8 Å². The van der Waals surface area contributed by atoms with Crippen LogP contribution >= 0.6 is 11.6 Å². The van der Waals surface area contributed by atoms with E-state index in [1.807, 2.05) is 44.2 Å². The minimum Gasteiger partial charge on any atom is -0.492 e. The highest BCUT2D eigenvalue weighted by atomic mass is 35.5. The lowest BCUT2D eigenvalue weighted by Gasteiger charge is -2.10. The third-order valence-corrected chi connectivity index (χ3v) is 3.47. The lowest BCUT2D eigenvalue weighted by atomic mass is 10.2. The van der Waals surface area contributed by atoms with E-state index in [1.165, 1.54) is 5.56 Å². The summed E-state index contributed by atoms with van der Waals surface area (Å²) in [5.41, 5.74) is 2.20. The van der Waals surface area contributed by atoms with Crippen molar-refractivity contribution >= 4 is 17.5 Å². The van der Waals surface area contributed by atoms with Crippen LogP contribution in [0.25, 0.3) is 0 Å². The molecule has 0 aromatic heterocycles. The van der Waals surface area contributed by atoms with Crippen LogP contribution in [0, 0.1) is 13.8 Å². The smallest absolute Gasteiger partial charge is 0.258 e. The number of rotatable bonds is 7. The van der Waals surface area contributed by atoms with Crippen LogP contribution in [-0.4, -0.2) is 25.7 Å². The molecule has 1 amide bonds. The maximum absolute atomic E-state index is 11.7. The number of carbonyl (C=O) groups excluding carboxylic acids is 1. The Kier molecular flexibility index (Phi) is 6.29. The highest BCUT2D eigenvalue weighted by Gasteiger charge is 2.06. The molecule has 23 heavy (non-hydrogen) atoms. The van der Waals surface area contributed by atoms with E-state index in [4.69, 9.17) is 21.1 Å². The molecule has 0 unspecified atom stereocenters. The molecule has 5 heteroatoms. The summed E-state index contributed by atoms with van der Waals surface area (Å²) in [7, 11) is 0. The second-order valence-corrected chi connectivity index (χ2v) is 5.64. The summed E-state index contributed by atoms with van der Waals surface area (Å²) < 4.78 is 11.0. The van der Waals surface area contributed by atoms with Gasteiger partial charge in [-0.1, -0.05) is 35.4 Å². The number of aryl methyl sites for hydroxylation is 2. The van der Waals surface area contributed by atoms with Gasteiger partial charge in [-0.15, -0.1) is 0 Å². The van der Waals surface area contributed by atoms with Gasteiger partial charge in [-0.2, -0.15) is 0 Å². The summed E-state index contributed by atoms with van der Waals surface area (Å²) in [5.74, 6) is 1.08. The van der Waals surface area contributed by atoms with Gasteiger partial charge in [-0.25, -0.2) is 0 Å². The van der Waals surface area contributed by atoms with E-state index in [0.717, 1.165) is 11.3 Å². The molecule has 0 radical (unpaired) electrons. The molecule has 0 saturated carbocycles. The molecule has 122 valence electrons. The Labute approximate surface area is 141 Å². The van der Waals surface area contributed by atoms with Crippen molar-refractivity contribution in [1.82, 2.24) is 5.32 Å². The van der Waals surface area contributed by atoms with Gasteiger partial charge >= 0.3 is 0 Å². The van der Waals surface area contributed by atoms with Gasteiger partial charge in [0.05, 0.1) is 11.6 Å². The number of halogens is 1. The number of nitrogens with one attached hydrogen (secondary N) is 1. The minimum absolute atomic E-state index is 0.0757. The molecule has 4 nitrogen and oxygen atoms in total. The molecule has 0 bridgehead atoms. The van der Waals surface area contributed by atoms with Crippen molar-refractivity contribution < 1.29 is 14.3 Å². The van der Waals surface area contributed by atoms with Crippen molar-refractivity contribution in [1.29, 1.82) is 0 Å². The zero-order valence-corrected chi connectivity index (χ0v) is 14.0. The SMILES string of the molecule is Cc1ccc(OCCNC(=O)COc2cc(C)ccc2Cl)cc1. The standard InChI is InChI=1S/C18H20ClNO3/c1-13-3-6-15(7-4-13)22-10-9-20-18(21)12-23-17-11-14(2)5-8-16(17)19/h3-8,11H,9-10,12H2,1-2H3,(H,20,21). The lowest BCUT2D eigenvalue weighted by Crippen LogP contribution is -2.32. The summed E-state index contributed by atoms with van der Waals surface area (Å²) in [4.78, 5) is 11.7. The zero-order chi connectivity index (χ0) is 16.7. The first-order chi connectivity index (χ1) is 11.0. The van der Waals surface area contributed by atoms with E-state index < -0.39 is 0 Å². The van der Waals surface area contributed by atoms with Crippen LogP contribution in [-0.2, 0) is 4.79 Å². The Bertz CT molecular complexity index is 656. The third-order valence-electron chi connectivity index (χ3n) is 3.16. The first-order valence-corrected chi connectivity index (χ1v) is 7.77. The molecule has 0 spiro atoms. The molecule has 0 atom stereocenters. The maximum atomic E-state index is 11.7. The molecule has 0 saturated heterocycles. The number of ether oxygens (including phenoxy) is 2. The van der Waals surface area contributed by atoms with Crippen molar-refractivity contribution in [3.8, 4) is 11.5 Å². The second kappa shape index (κ2) is 8.44. The first kappa shape index (κ1) is 17.2. The molecular weight excluding hydrogens is 314 g/mol. The maximum Gasteiger partial charge on any atom is 0.258 e. The fraction of sp³-hybridized carbons (Fsp3) is 0.278. The van der Waals surface area contributed by atoms with Crippen LogP contribution in [0.3, 0.4) is 0 Å². The van der Waals surface area contributed by atoms with Crippen LogP contribution in [0.1, 0.15) is 11.1 Å². The summed E-state index contributed by atoms with van der Waals surface area (Å²) in [5, 5.41) is 3.23. The third kappa shape index (κ3) is 5.83. The van der Waals surface area contributed by atoms with Crippen LogP contribution in [0.2, 0.25) is 5.02 Å². The molecule has 0 aliphatic carbocycles. The van der Waals surface area contributed by atoms with Gasteiger partial charge in [0.2, 0.25) is 0 Å². The van der Waals surface area contributed by atoms with Gasteiger partial charge in [-0.3, -0.25) is 4.79 Å². The van der Waals surface area contributed by atoms with Crippen LogP contribution < -0.4 is 14.8 Å². The fourth-order valence-corrected chi connectivity index (χ4v) is 2.08. The Morgan fingerprint density at radius 1 is 1.04 bits per heavy atom. The molecule has 2 aromatic rings. The number of hydrogen-bond donors (Lipinski definition) is 1. The van der Waals surface area contributed by atoms with Gasteiger partial charge in [0.15, 0.2) is 6.61 Å². The van der Waals surface area contributed by atoms with Crippen molar-refractivity contribution in [2.24, 2.45) is 0 Å². The van der Waals surface area contributed by atoms with Crippen LogP contribution in [0.5, 0.6) is 11.5 Å². The molecule has 0 fully saturated rings. The highest BCUT2D eigenvalue weighted by Crippen LogP contribution is 2.24. The number of amides is 1. The summed E-state index contributed by atoms with van der Waals surface area (Å²) in [6.45, 7) is 4.70. The van der Waals surface area contributed by atoms with E-state index in [9.17, 15) is 4.79 Å². The normalized spacial score (nSPS) is 10.2. The van der Waals surface area contributed by atoms with E-state index in [2.05, 4.69) is 5.32 Å². The van der Waals surface area contributed by atoms with Gasteiger partial charge in [0.25, 0.3) is 5.91 Å². The van der Waals surface area contributed by atoms with Gasteiger partial charge in [0, 0.05) is 0 Å². The second-order valence-electron chi connectivity index (χ2n) is 5.23. The van der Waals surface area contributed by atoms with Crippen molar-refractivity contribution in [3.05, 3.63) is 58.6 Å².